The molecule has 0 spiro atoms. The zero-order valence-corrected chi connectivity index (χ0v) is 8.51. The topological polar surface area (TPSA) is 23.5 Å². The fourth-order valence-electron chi connectivity index (χ4n) is 2.20. The van der Waals surface area contributed by atoms with E-state index >= 15 is 0 Å². The van der Waals surface area contributed by atoms with Crippen molar-refractivity contribution in [2.45, 2.75) is 39.2 Å². The largest absolute Gasteiger partial charge is 0.396 e. The Bertz CT molecular complexity index is 145. The summed E-state index contributed by atoms with van der Waals surface area (Å²) in [7, 11) is 0. The smallest absolute Gasteiger partial charge is 0.0477 e. The molecule has 0 aromatic heterocycles. The van der Waals surface area contributed by atoms with Gasteiger partial charge < -0.3 is 5.11 Å². The van der Waals surface area contributed by atoms with Gasteiger partial charge in [0.05, 0.1) is 0 Å². The number of rotatable bonds is 3. The van der Waals surface area contributed by atoms with Crippen LogP contribution < -0.4 is 0 Å². The highest BCUT2D eigenvalue weighted by Gasteiger charge is 2.39. The monoisotopic (exact) mass is 171 g/mol. The van der Waals surface area contributed by atoms with E-state index in [-0.39, 0.29) is 5.54 Å². The number of likely N-dealkylation sites (tertiary alicyclic amines) is 1. The maximum absolute atomic E-state index is 9.16. The van der Waals surface area contributed by atoms with E-state index in [0.717, 1.165) is 13.0 Å². The Hall–Kier alpha value is -0.0800. The van der Waals surface area contributed by atoms with Crippen molar-refractivity contribution in [1.82, 2.24) is 4.90 Å². The van der Waals surface area contributed by atoms with Gasteiger partial charge >= 0.3 is 0 Å². The first-order valence-corrected chi connectivity index (χ1v) is 4.98. The second-order valence-electron chi connectivity index (χ2n) is 4.31. The number of hydrogen-bond acceptors (Lipinski definition) is 2. The Morgan fingerprint density at radius 3 is 2.58 bits per heavy atom. The van der Waals surface area contributed by atoms with Crippen LogP contribution in [0, 0.1) is 5.92 Å². The molecule has 12 heavy (non-hydrogen) atoms. The minimum absolute atomic E-state index is 0.213. The average Bonchev–Trinajstić information content (AvgIpc) is 2.28. The highest BCUT2D eigenvalue weighted by Crippen LogP contribution is 2.33. The summed E-state index contributed by atoms with van der Waals surface area (Å²) >= 11 is 0. The zero-order valence-electron chi connectivity index (χ0n) is 8.51. The summed E-state index contributed by atoms with van der Waals surface area (Å²) in [6.07, 6.45) is 2.37. The molecule has 1 aliphatic heterocycles. The summed E-state index contributed by atoms with van der Waals surface area (Å²) in [4.78, 5) is 2.49. The van der Waals surface area contributed by atoms with E-state index in [4.69, 9.17) is 5.11 Å². The molecular formula is C10H21NO. The van der Waals surface area contributed by atoms with Crippen molar-refractivity contribution in [3.05, 3.63) is 0 Å². The van der Waals surface area contributed by atoms with E-state index in [1.165, 1.54) is 13.0 Å². The van der Waals surface area contributed by atoms with Crippen molar-refractivity contribution in [1.29, 1.82) is 0 Å². The highest BCUT2D eigenvalue weighted by atomic mass is 16.3. The maximum Gasteiger partial charge on any atom is 0.0477 e. The van der Waals surface area contributed by atoms with Crippen LogP contribution in [0.3, 0.4) is 0 Å². The van der Waals surface area contributed by atoms with Crippen molar-refractivity contribution in [2.24, 2.45) is 5.92 Å². The second kappa shape index (κ2) is 3.75. The molecule has 1 heterocycles. The Morgan fingerprint density at radius 1 is 1.50 bits per heavy atom. The third-order valence-electron chi connectivity index (χ3n) is 3.28. The van der Waals surface area contributed by atoms with Crippen molar-refractivity contribution >= 4 is 0 Å². The number of nitrogens with zero attached hydrogens (tertiary/aromatic N) is 1. The molecule has 0 amide bonds. The van der Waals surface area contributed by atoms with Gasteiger partial charge in [0.15, 0.2) is 0 Å². The lowest BCUT2D eigenvalue weighted by Gasteiger charge is -2.35. The predicted octanol–water partition coefficient (Wildman–Crippen LogP) is 1.49. The first kappa shape index (κ1) is 10.0. The van der Waals surface area contributed by atoms with Crippen LogP contribution in [0.5, 0.6) is 0 Å². The number of aliphatic hydroxyl groups is 1. The molecule has 0 saturated carbocycles. The lowest BCUT2D eigenvalue weighted by molar-refractivity contribution is 0.100. The van der Waals surface area contributed by atoms with Crippen LogP contribution in [-0.4, -0.2) is 35.2 Å². The zero-order chi connectivity index (χ0) is 9.19. The molecule has 0 aromatic rings. The molecule has 0 radical (unpaired) electrons. The van der Waals surface area contributed by atoms with Crippen LogP contribution in [0.4, 0.5) is 0 Å². The second-order valence-corrected chi connectivity index (χ2v) is 4.31. The Labute approximate surface area is 75.6 Å². The summed E-state index contributed by atoms with van der Waals surface area (Å²) in [6.45, 7) is 9.37. The minimum atomic E-state index is 0.213. The normalized spacial score (nSPS) is 29.5. The van der Waals surface area contributed by atoms with Crippen LogP contribution in [0.2, 0.25) is 0 Å². The Morgan fingerprint density at radius 2 is 2.17 bits per heavy atom. The maximum atomic E-state index is 9.16. The molecule has 0 aliphatic carbocycles. The molecule has 1 atom stereocenters. The summed E-state index contributed by atoms with van der Waals surface area (Å²) in [6, 6.07) is 0. The molecule has 2 nitrogen and oxygen atoms in total. The van der Waals surface area contributed by atoms with E-state index < -0.39 is 0 Å². The lowest BCUT2D eigenvalue weighted by Crippen LogP contribution is -2.43. The Kier molecular flexibility index (Phi) is 3.13. The van der Waals surface area contributed by atoms with Crippen molar-refractivity contribution < 1.29 is 5.11 Å². The predicted molar refractivity (Wildman–Crippen MR) is 51.1 cm³/mol. The summed E-state index contributed by atoms with van der Waals surface area (Å²) in [5.74, 6) is 0.476. The molecule has 0 bridgehead atoms. The van der Waals surface area contributed by atoms with Gasteiger partial charge in [0.25, 0.3) is 0 Å². The Balaban J connectivity index is 2.57. The first-order chi connectivity index (χ1) is 5.62. The van der Waals surface area contributed by atoms with Gasteiger partial charge in [0.1, 0.15) is 0 Å². The van der Waals surface area contributed by atoms with Crippen molar-refractivity contribution in [2.75, 3.05) is 19.7 Å². The third kappa shape index (κ3) is 1.64. The van der Waals surface area contributed by atoms with Gasteiger partial charge in [0.2, 0.25) is 0 Å². The standard InChI is InChI=1S/C10H21NO/c1-4-6-11-7-5-9(8-12)10(11,2)3/h9,12H,4-8H2,1-3H3. The fraction of sp³-hybridized carbons (Fsp3) is 1.00. The molecule has 1 unspecified atom stereocenters. The summed E-state index contributed by atoms with van der Waals surface area (Å²) < 4.78 is 0. The SMILES string of the molecule is CCCN1CCC(CO)C1(C)C. The lowest BCUT2D eigenvalue weighted by atomic mass is 9.89. The molecule has 72 valence electrons. The van der Waals surface area contributed by atoms with E-state index in [1.54, 1.807) is 0 Å². The van der Waals surface area contributed by atoms with Crippen molar-refractivity contribution in [3.63, 3.8) is 0 Å². The van der Waals surface area contributed by atoms with Crippen molar-refractivity contribution in [3.8, 4) is 0 Å². The van der Waals surface area contributed by atoms with Crippen LogP contribution in [0.15, 0.2) is 0 Å². The molecule has 1 N–H and O–H groups in total. The van der Waals surface area contributed by atoms with E-state index in [2.05, 4.69) is 25.7 Å². The van der Waals surface area contributed by atoms with E-state index in [0.29, 0.717) is 12.5 Å². The summed E-state index contributed by atoms with van der Waals surface area (Å²) in [5, 5.41) is 9.16. The molecule has 1 fully saturated rings. The highest BCUT2D eigenvalue weighted by molar-refractivity contribution is 4.94. The van der Waals surface area contributed by atoms with E-state index in [9.17, 15) is 0 Å². The molecule has 1 saturated heterocycles. The first-order valence-electron chi connectivity index (χ1n) is 4.98. The fourth-order valence-corrected chi connectivity index (χ4v) is 2.20. The van der Waals surface area contributed by atoms with Crippen LogP contribution in [0.1, 0.15) is 33.6 Å². The van der Waals surface area contributed by atoms with Gasteiger partial charge in [-0.2, -0.15) is 0 Å². The van der Waals surface area contributed by atoms with Crippen LogP contribution >= 0.6 is 0 Å². The van der Waals surface area contributed by atoms with Gasteiger partial charge in [-0.3, -0.25) is 4.90 Å². The molecule has 0 aromatic carbocycles. The minimum Gasteiger partial charge on any atom is -0.396 e. The van der Waals surface area contributed by atoms with Gasteiger partial charge in [-0.1, -0.05) is 6.92 Å². The van der Waals surface area contributed by atoms with Gasteiger partial charge in [-0.25, -0.2) is 0 Å². The van der Waals surface area contributed by atoms with Gasteiger partial charge in [-0.15, -0.1) is 0 Å². The average molecular weight is 171 g/mol. The molecule has 2 heteroatoms. The molecule has 1 rings (SSSR count). The third-order valence-corrected chi connectivity index (χ3v) is 3.28. The summed E-state index contributed by atoms with van der Waals surface area (Å²) in [5.41, 5.74) is 0.213. The van der Waals surface area contributed by atoms with Gasteiger partial charge in [-0.05, 0) is 39.8 Å². The number of aliphatic hydroxyl groups excluding tert-OH is 1. The number of hydrogen-bond donors (Lipinski definition) is 1. The molecule has 1 aliphatic rings. The quantitative estimate of drug-likeness (QED) is 0.695. The van der Waals surface area contributed by atoms with Crippen LogP contribution in [0.25, 0.3) is 0 Å². The van der Waals surface area contributed by atoms with E-state index in [1.807, 2.05) is 0 Å². The van der Waals surface area contributed by atoms with Gasteiger partial charge in [0, 0.05) is 18.1 Å². The van der Waals surface area contributed by atoms with Crippen LogP contribution in [-0.2, 0) is 0 Å². The molecular weight excluding hydrogens is 150 g/mol.